The zero-order chi connectivity index (χ0) is 20.4. The predicted molar refractivity (Wildman–Crippen MR) is 128 cm³/mol. The minimum Gasteiger partial charge on any atom is -0.506 e. The lowest BCUT2D eigenvalue weighted by molar-refractivity contribution is -0.123. The van der Waals surface area contributed by atoms with Crippen molar-refractivity contribution >= 4 is 74.2 Å². The van der Waals surface area contributed by atoms with Crippen LogP contribution in [-0.2, 0) is 4.79 Å². The second-order valence-electron chi connectivity index (χ2n) is 6.28. The van der Waals surface area contributed by atoms with E-state index >= 15 is 0 Å². The number of aromatic hydroxyl groups is 1. The van der Waals surface area contributed by atoms with Crippen molar-refractivity contribution < 1.29 is 19.4 Å². The van der Waals surface area contributed by atoms with Crippen LogP contribution in [0.4, 0.5) is 4.79 Å². The first kappa shape index (κ1) is 21.4. The molecule has 5 nitrogen and oxygen atoms in total. The van der Waals surface area contributed by atoms with Crippen LogP contribution < -0.4 is 4.74 Å². The first-order valence-corrected chi connectivity index (χ1v) is 11.4. The molecular weight excluding hydrogens is 604 g/mol. The topological polar surface area (TPSA) is 66.8 Å². The number of aryl methyl sites for hydroxylation is 2. The van der Waals surface area contributed by atoms with Crippen molar-refractivity contribution in [3.8, 4) is 11.5 Å². The number of thioether (sulfide) groups is 1. The molecule has 0 bridgehead atoms. The van der Waals surface area contributed by atoms with Gasteiger partial charge in [-0.05, 0) is 112 Å². The minimum absolute atomic E-state index is 0.194. The molecule has 3 rings (SSSR count). The summed E-state index contributed by atoms with van der Waals surface area (Å²) in [7, 11) is 0. The monoisotopic (exact) mass is 621 g/mol. The van der Waals surface area contributed by atoms with Gasteiger partial charge in [-0.3, -0.25) is 14.5 Å². The maximum absolute atomic E-state index is 12.6. The molecule has 28 heavy (non-hydrogen) atoms. The predicted octanol–water partition coefficient (Wildman–Crippen LogP) is 5.33. The Morgan fingerprint density at radius 3 is 2.50 bits per heavy atom. The summed E-state index contributed by atoms with van der Waals surface area (Å²) >= 11 is 4.99. The average Bonchev–Trinajstić information content (AvgIpc) is 2.89. The summed E-state index contributed by atoms with van der Waals surface area (Å²) in [5.41, 5.74) is 2.87. The summed E-state index contributed by atoms with van der Waals surface area (Å²) in [5, 5.41) is 9.57. The van der Waals surface area contributed by atoms with Crippen LogP contribution >= 0.6 is 56.9 Å². The lowest BCUT2D eigenvalue weighted by atomic mass is 10.1. The van der Waals surface area contributed by atoms with Gasteiger partial charge >= 0.3 is 0 Å². The summed E-state index contributed by atoms with van der Waals surface area (Å²) < 4.78 is 7.15. The molecule has 0 spiro atoms. The Morgan fingerprint density at radius 1 is 1.14 bits per heavy atom. The molecular formula is C20H17I2NO4S. The van der Waals surface area contributed by atoms with Crippen LogP contribution in [0.3, 0.4) is 0 Å². The van der Waals surface area contributed by atoms with Crippen molar-refractivity contribution in [1.82, 2.24) is 4.90 Å². The normalized spacial score (nSPS) is 15.6. The van der Waals surface area contributed by atoms with E-state index in [9.17, 15) is 14.7 Å². The van der Waals surface area contributed by atoms with Crippen LogP contribution in [0.25, 0.3) is 6.08 Å². The van der Waals surface area contributed by atoms with Crippen molar-refractivity contribution in [2.45, 2.75) is 13.8 Å². The van der Waals surface area contributed by atoms with E-state index in [1.165, 1.54) is 4.90 Å². The fraction of sp³-hybridized carbons (Fsp3) is 0.200. The number of hydrogen-bond acceptors (Lipinski definition) is 5. The lowest BCUT2D eigenvalue weighted by Crippen LogP contribution is -2.32. The number of phenolic OH excluding ortho intramolecular Hbond substituents is 1. The van der Waals surface area contributed by atoms with E-state index < -0.39 is 0 Å². The Labute approximate surface area is 194 Å². The van der Waals surface area contributed by atoms with Gasteiger partial charge in [0.25, 0.3) is 11.1 Å². The van der Waals surface area contributed by atoms with Gasteiger partial charge in [-0.15, -0.1) is 0 Å². The Hall–Kier alpha value is -1.27. The summed E-state index contributed by atoms with van der Waals surface area (Å²) in [6.07, 6.45) is 1.68. The first-order valence-electron chi connectivity index (χ1n) is 8.39. The van der Waals surface area contributed by atoms with E-state index in [1.807, 2.05) is 77.2 Å². The number of ether oxygens (including phenoxy) is 1. The summed E-state index contributed by atoms with van der Waals surface area (Å²) in [6, 6.07) is 9.48. The fourth-order valence-corrected chi connectivity index (χ4v) is 5.30. The van der Waals surface area contributed by atoms with Gasteiger partial charge in [0.15, 0.2) is 0 Å². The van der Waals surface area contributed by atoms with Crippen molar-refractivity contribution in [1.29, 1.82) is 0 Å². The number of amides is 2. The van der Waals surface area contributed by atoms with Gasteiger partial charge in [-0.1, -0.05) is 12.1 Å². The van der Waals surface area contributed by atoms with Crippen LogP contribution in [0, 0.1) is 21.0 Å². The highest BCUT2D eigenvalue weighted by Crippen LogP contribution is 2.34. The van der Waals surface area contributed by atoms with E-state index in [4.69, 9.17) is 4.74 Å². The summed E-state index contributed by atoms with van der Waals surface area (Å²) in [4.78, 5) is 26.5. The molecule has 0 atom stereocenters. The number of nitrogens with zero attached hydrogens (tertiary/aromatic N) is 1. The van der Waals surface area contributed by atoms with Gasteiger partial charge in [-0.2, -0.15) is 0 Å². The van der Waals surface area contributed by atoms with Crippen LogP contribution in [-0.4, -0.2) is 34.3 Å². The molecule has 1 aliphatic heterocycles. The molecule has 1 fully saturated rings. The highest BCUT2D eigenvalue weighted by Gasteiger charge is 2.34. The van der Waals surface area contributed by atoms with Crippen LogP contribution in [0.1, 0.15) is 16.7 Å². The number of hydrogen-bond donors (Lipinski definition) is 1. The molecule has 0 saturated carbocycles. The molecule has 2 aromatic carbocycles. The maximum Gasteiger partial charge on any atom is 0.293 e. The molecule has 0 aliphatic carbocycles. The van der Waals surface area contributed by atoms with Gasteiger partial charge in [0.1, 0.15) is 18.1 Å². The average molecular weight is 621 g/mol. The van der Waals surface area contributed by atoms with E-state index in [1.54, 1.807) is 18.2 Å². The van der Waals surface area contributed by atoms with Gasteiger partial charge in [-0.25, -0.2) is 0 Å². The number of carbonyl (C=O) groups is 2. The number of phenols is 1. The Balaban J connectivity index is 1.69. The van der Waals surface area contributed by atoms with E-state index in [-0.39, 0.29) is 30.0 Å². The first-order chi connectivity index (χ1) is 13.3. The molecule has 1 N–H and O–H groups in total. The zero-order valence-corrected chi connectivity index (χ0v) is 20.3. The minimum atomic E-state index is -0.322. The van der Waals surface area contributed by atoms with E-state index in [2.05, 4.69) is 0 Å². The molecule has 8 heteroatoms. The summed E-state index contributed by atoms with van der Waals surface area (Å²) in [5.74, 6) is 0.656. The molecule has 1 heterocycles. The SMILES string of the molecule is Cc1ccc(C)c(OCCN2C(=O)S/C(=C\c3cc(I)c(O)c(I)c3)C2=O)c1. The third-order valence-electron chi connectivity index (χ3n) is 4.13. The highest BCUT2D eigenvalue weighted by atomic mass is 127. The number of carbonyl (C=O) groups excluding carboxylic acids is 2. The smallest absolute Gasteiger partial charge is 0.293 e. The Bertz CT molecular complexity index is 967. The van der Waals surface area contributed by atoms with Gasteiger partial charge in [0, 0.05) is 0 Å². The lowest BCUT2D eigenvalue weighted by Gasteiger charge is -2.14. The second-order valence-corrected chi connectivity index (χ2v) is 9.60. The van der Waals surface area contributed by atoms with Crippen molar-refractivity contribution in [2.75, 3.05) is 13.2 Å². The van der Waals surface area contributed by atoms with E-state index in [0.717, 1.165) is 34.2 Å². The Kier molecular flexibility index (Phi) is 6.92. The van der Waals surface area contributed by atoms with Gasteiger partial charge in [0.2, 0.25) is 0 Å². The quantitative estimate of drug-likeness (QED) is 0.361. The molecule has 2 aromatic rings. The van der Waals surface area contributed by atoms with Gasteiger partial charge in [0.05, 0.1) is 18.6 Å². The highest BCUT2D eigenvalue weighted by molar-refractivity contribution is 14.1. The van der Waals surface area contributed by atoms with Crippen LogP contribution in [0.5, 0.6) is 11.5 Å². The number of imide groups is 1. The molecule has 0 aromatic heterocycles. The fourth-order valence-electron chi connectivity index (χ4n) is 2.62. The third kappa shape index (κ3) is 4.82. The maximum atomic E-state index is 12.6. The summed E-state index contributed by atoms with van der Waals surface area (Å²) in [6.45, 7) is 4.38. The zero-order valence-electron chi connectivity index (χ0n) is 15.2. The molecule has 1 aliphatic rings. The molecule has 0 radical (unpaired) electrons. The molecule has 146 valence electrons. The van der Waals surface area contributed by atoms with E-state index in [0.29, 0.717) is 12.0 Å². The van der Waals surface area contributed by atoms with Gasteiger partial charge < -0.3 is 9.84 Å². The molecule has 0 unspecified atom stereocenters. The second kappa shape index (κ2) is 9.04. The number of rotatable bonds is 5. The van der Waals surface area contributed by atoms with Crippen LogP contribution in [0.2, 0.25) is 0 Å². The van der Waals surface area contributed by atoms with Crippen molar-refractivity contribution in [3.63, 3.8) is 0 Å². The van der Waals surface area contributed by atoms with Crippen molar-refractivity contribution in [3.05, 3.63) is 59.1 Å². The van der Waals surface area contributed by atoms with Crippen molar-refractivity contribution in [2.24, 2.45) is 0 Å². The Morgan fingerprint density at radius 2 is 1.82 bits per heavy atom. The van der Waals surface area contributed by atoms with Crippen LogP contribution in [0.15, 0.2) is 35.2 Å². The number of benzene rings is 2. The number of halogens is 2. The molecule has 2 amide bonds. The standard InChI is InChI=1S/C20H17I2NO4S/c1-11-3-4-12(2)16(7-11)27-6-5-23-19(25)17(28-20(23)26)10-13-8-14(21)18(24)15(22)9-13/h3-4,7-10,24H,5-6H2,1-2H3/b17-10-. The molecule has 1 saturated heterocycles. The largest absolute Gasteiger partial charge is 0.506 e. The third-order valence-corrected chi connectivity index (χ3v) is 6.68.